The van der Waals surface area contributed by atoms with Gasteiger partial charge in [-0.2, -0.15) is 0 Å². The number of sulfonamides is 1. The molecule has 7 nitrogen and oxygen atoms in total. The van der Waals surface area contributed by atoms with E-state index < -0.39 is 28.5 Å². The average molecular weight is 701 g/mol. The molecular weight excluding hydrogens is 665 g/mol. The Bertz CT molecular complexity index is 1750. The average Bonchev–Trinajstić information content (AvgIpc) is 3.04. The third-order valence-corrected chi connectivity index (χ3v) is 10.2. The molecule has 4 aromatic rings. The van der Waals surface area contributed by atoms with E-state index in [0.29, 0.717) is 17.0 Å². The molecular formula is C35H36Cl3N3O4S. The monoisotopic (exact) mass is 699 g/mol. The lowest BCUT2D eigenvalue weighted by molar-refractivity contribution is -0.140. The van der Waals surface area contributed by atoms with Crippen molar-refractivity contribution < 1.29 is 18.0 Å². The van der Waals surface area contributed by atoms with Crippen molar-refractivity contribution in [3.8, 4) is 0 Å². The summed E-state index contributed by atoms with van der Waals surface area (Å²) in [4.78, 5) is 29.9. The molecule has 0 aliphatic carbocycles. The van der Waals surface area contributed by atoms with E-state index in [1.54, 1.807) is 36.4 Å². The Morgan fingerprint density at radius 3 is 2.09 bits per heavy atom. The van der Waals surface area contributed by atoms with Crippen molar-refractivity contribution in [3.63, 3.8) is 0 Å². The standard InChI is InChI=1S/C35H36Cl3N3O4S/c1-4-25(3)39-35(43)33(20-26-8-6-5-7-9-26)40(22-27-12-14-28(36)15-13-27)34(42)23-41(32-21-29(37)16-19-31(32)38)46(44,45)30-17-10-24(2)11-18-30/h5-19,21,25,33H,4,20,22-23H2,1-3H3,(H,39,43). The van der Waals surface area contributed by atoms with Gasteiger partial charge in [0.1, 0.15) is 12.6 Å². The highest BCUT2D eigenvalue weighted by Crippen LogP contribution is 2.33. The molecule has 0 fully saturated rings. The van der Waals surface area contributed by atoms with E-state index in [1.807, 2.05) is 51.1 Å². The first-order valence-corrected chi connectivity index (χ1v) is 17.4. The van der Waals surface area contributed by atoms with Crippen LogP contribution in [0.15, 0.2) is 102 Å². The van der Waals surface area contributed by atoms with Crippen molar-refractivity contribution in [2.75, 3.05) is 10.8 Å². The first kappa shape index (κ1) is 35.3. The van der Waals surface area contributed by atoms with Crippen LogP contribution in [-0.4, -0.2) is 43.8 Å². The smallest absolute Gasteiger partial charge is 0.264 e. The Hall–Kier alpha value is -3.56. The van der Waals surface area contributed by atoms with Crippen LogP contribution in [0.2, 0.25) is 15.1 Å². The number of anilines is 1. The Morgan fingerprint density at radius 2 is 1.46 bits per heavy atom. The predicted molar refractivity (Wildman–Crippen MR) is 186 cm³/mol. The third-order valence-electron chi connectivity index (χ3n) is 7.60. The molecule has 4 aromatic carbocycles. The van der Waals surface area contributed by atoms with Crippen LogP contribution >= 0.6 is 34.8 Å². The number of rotatable bonds is 13. The van der Waals surface area contributed by atoms with Crippen molar-refractivity contribution in [1.29, 1.82) is 0 Å². The zero-order valence-electron chi connectivity index (χ0n) is 25.8. The van der Waals surface area contributed by atoms with Crippen LogP contribution in [0, 0.1) is 6.92 Å². The summed E-state index contributed by atoms with van der Waals surface area (Å²) in [6.45, 7) is 5.06. The van der Waals surface area contributed by atoms with E-state index in [-0.39, 0.29) is 45.5 Å². The highest BCUT2D eigenvalue weighted by molar-refractivity contribution is 7.92. The van der Waals surface area contributed by atoms with E-state index in [0.717, 1.165) is 15.4 Å². The fourth-order valence-corrected chi connectivity index (χ4v) is 6.80. The number of carbonyl (C=O) groups excluding carboxylic acids is 2. The molecule has 0 saturated heterocycles. The van der Waals surface area contributed by atoms with Crippen molar-refractivity contribution in [2.45, 2.75) is 57.1 Å². The molecule has 0 radical (unpaired) electrons. The normalized spacial score (nSPS) is 12.7. The van der Waals surface area contributed by atoms with Crippen LogP contribution < -0.4 is 9.62 Å². The molecule has 11 heteroatoms. The number of halogens is 3. The lowest BCUT2D eigenvalue weighted by atomic mass is 10.0. The summed E-state index contributed by atoms with van der Waals surface area (Å²) in [5.74, 6) is -0.962. The van der Waals surface area contributed by atoms with Crippen LogP contribution in [0.3, 0.4) is 0 Å². The van der Waals surface area contributed by atoms with Gasteiger partial charge in [0.2, 0.25) is 11.8 Å². The summed E-state index contributed by atoms with van der Waals surface area (Å²) >= 11 is 19.0. The number of hydrogen-bond donors (Lipinski definition) is 1. The van der Waals surface area contributed by atoms with Crippen molar-refractivity contribution in [2.24, 2.45) is 0 Å². The second-order valence-electron chi connectivity index (χ2n) is 11.1. The van der Waals surface area contributed by atoms with E-state index in [9.17, 15) is 18.0 Å². The Balaban J connectivity index is 1.83. The number of carbonyl (C=O) groups is 2. The first-order chi connectivity index (χ1) is 21.9. The number of nitrogens with one attached hydrogen (secondary N) is 1. The number of hydrogen-bond acceptors (Lipinski definition) is 4. The van der Waals surface area contributed by atoms with Crippen LogP contribution in [0.1, 0.15) is 37.0 Å². The van der Waals surface area contributed by atoms with Gasteiger partial charge < -0.3 is 10.2 Å². The molecule has 0 aliphatic rings. The topological polar surface area (TPSA) is 86.8 Å². The zero-order valence-corrected chi connectivity index (χ0v) is 28.9. The molecule has 0 aliphatic heterocycles. The molecule has 4 rings (SSSR count). The highest BCUT2D eigenvalue weighted by atomic mass is 35.5. The Morgan fingerprint density at radius 1 is 0.826 bits per heavy atom. The zero-order chi connectivity index (χ0) is 33.4. The summed E-state index contributed by atoms with van der Waals surface area (Å²) in [7, 11) is -4.32. The largest absolute Gasteiger partial charge is 0.352 e. The molecule has 0 spiro atoms. The summed E-state index contributed by atoms with van der Waals surface area (Å²) in [6.07, 6.45) is 0.885. The Kier molecular flexibility index (Phi) is 12.1. The Labute approximate surface area is 286 Å². The van der Waals surface area contributed by atoms with Gasteiger partial charge in [0, 0.05) is 29.1 Å². The summed E-state index contributed by atoms with van der Waals surface area (Å²) < 4.78 is 29.4. The van der Waals surface area contributed by atoms with Gasteiger partial charge in [-0.15, -0.1) is 0 Å². The molecule has 1 N–H and O–H groups in total. The maximum Gasteiger partial charge on any atom is 0.264 e. The lowest BCUT2D eigenvalue weighted by Crippen LogP contribution is -2.54. The van der Waals surface area contributed by atoms with E-state index in [1.165, 1.54) is 35.2 Å². The molecule has 2 atom stereocenters. The molecule has 242 valence electrons. The maximum atomic E-state index is 14.6. The number of nitrogens with zero attached hydrogens (tertiary/aromatic N) is 2. The third kappa shape index (κ3) is 9.04. The molecule has 0 aromatic heterocycles. The van der Waals surface area contributed by atoms with Gasteiger partial charge in [0.15, 0.2) is 0 Å². The SMILES string of the molecule is CCC(C)NC(=O)C(Cc1ccccc1)N(Cc1ccc(Cl)cc1)C(=O)CN(c1cc(Cl)ccc1Cl)S(=O)(=O)c1ccc(C)cc1. The van der Waals surface area contributed by atoms with Crippen molar-refractivity contribution in [3.05, 3.63) is 129 Å². The fraction of sp³-hybridized carbons (Fsp3) is 0.257. The molecule has 2 amide bonds. The minimum Gasteiger partial charge on any atom is -0.352 e. The number of benzene rings is 4. The van der Waals surface area contributed by atoms with E-state index >= 15 is 0 Å². The van der Waals surface area contributed by atoms with Crippen LogP contribution in [0.25, 0.3) is 0 Å². The molecule has 0 bridgehead atoms. The maximum absolute atomic E-state index is 14.6. The van der Waals surface area contributed by atoms with Gasteiger partial charge in [0.05, 0.1) is 15.6 Å². The molecule has 46 heavy (non-hydrogen) atoms. The van der Waals surface area contributed by atoms with Crippen molar-refractivity contribution >= 4 is 62.3 Å². The fourth-order valence-electron chi connectivity index (χ4n) is 4.81. The molecule has 0 heterocycles. The van der Waals surface area contributed by atoms with E-state index in [4.69, 9.17) is 34.8 Å². The predicted octanol–water partition coefficient (Wildman–Crippen LogP) is 7.71. The summed E-state index contributed by atoms with van der Waals surface area (Å²) in [6, 6.07) is 25.9. The first-order valence-electron chi connectivity index (χ1n) is 14.8. The number of aryl methyl sites for hydroxylation is 1. The van der Waals surface area contributed by atoms with Gasteiger partial charge in [-0.3, -0.25) is 13.9 Å². The quantitative estimate of drug-likeness (QED) is 0.155. The highest BCUT2D eigenvalue weighted by Gasteiger charge is 2.35. The second kappa shape index (κ2) is 15.8. The second-order valence-corrected chi connectivity index (χ2v) is 14.2. The molecule has 2 unspecified atom stereocenters. The van der Waals surface area contributed by atoms with Gasteiger partial charge in [-0.05, 0) is 73.9 Å². The van der Waals surface area contributed by atoms with E-state index in [2.05, 4.69) is 5.32 Å². The van der Waals surface area contributed by atoms with Gasteiger partial charge in [-0.25, -0.2) is 8.42 Å². The minimum absolute atomic E-state index is 0.0170. The van der Waals surface area contributed by atoms with Crippen LogP contribution in [0.4, 0.5) is 5.69 Å². The van der Waals surface area contributed by atoms with Crippen LogP contribution in [0.5, 0.6) is 0 Å². The summed E-state index contributed by atoms with van der Waals surface area (Å²) in [5.41, 5.74) is 2.45. The van der Waals surface area contributed by atoms with Gasteiger partial charge in [-0.1, -0.05) is 102 Å². The summed E-state index contributed by atoms with van der Waals surface area (Å²) in [5, 5.41) is 3.87. The minimum atomic E-state index is -4.32. The van der Waals surface area contributed by atoms with Gasteiger partial charge in [0.25, 0.3) is 10.0 Å². The van der Waals surface area contributed by atoms with Gasteiger partial charge >= 0.3 is 0 Å². The van der Waals surface area contributed by atoms with Crippen molar-refractivity contribution in [1.82, 2.24) is 10.2 Å². The molecule has 0 saturated carbocycles. The lowest BCUT2D eigenvalue weighted by Gasteiger charge is -2.34. The number of amides is 2. The van der Waals surface area contributed by atoms with Crippen LogP contribution in [-0.2, 0) is 32.6 Å².